The molecule has 0 saturated heterocycles. The number of pyridine rings is 1. The summed E-state index contributed by atoms with van der Waals surface area (Å²) in [5.41, 5.74) is 2.27. The molecule has 3 aromatic rings. The van der Waals surface area contributed by atoms with E-state index in [1.807, 2.05) is 6.07 Å². The Hall–Kier alpha value is -2.77. The van der Waals surface area contributed by atoms with Crippen LogP contribution in [0.15, 0.2) is 42.7 Å². The van der Waals surface area contributed by atoms with E-state index in [2.05, 4.69) is 10.1 Å². The van der Waals surface area contributed by atoms with Crippen molar-refractivity contribution in [1.29, 1.82) is 0 Å². The van der Waals surface area contributed by atoms with Gasteiger partial charge in [-0.2, -0.15) is 5.10 Å². The molecular weight excluding hydrogens is 346 g/mol. The lowest BCUT2D eigenvalue weighted by Crippen LogP contribution is -2.19. The predicted octanol–water partition coefficient (Wildman–Crippen LogP) is 2.97. The van der Waals surface area contributed by atoms with E-state index in [9.17, 15) is 9.90 Å². The van der Waals surface area contributed by atoms with Gasteiger partial charge in [0.1, 0.15) is 6.10 Å². The zero-order valence-corrected chi connectivity index (χ0v) is 14.8. The van der Waals surface area contributed by atoms with Gasteiger partial charge < -0.3 is 14.9 Å². The average Bonchev–Trinajstić information content (AvgIpc) is 3.06. The van der Waals surface area contributed by atoms with Crippen LogP contribution < -0.4 is 0 Å². The summed E-state index contributed by atoms with van der Waals surface area (Å²) in [7, 11) is 0. The molecule has 1 fully saturated rings. The number of hydrogen-bond donors (Lipinski definition) is 2. The topological polar surface area (TPSA) is 97.5 Å². The Kier molecular flexibility index (Phi) is 4.87. The van der Waals surface area contributed by atoms with E-state index in [0.29, 0.717) is 23.7 Å². The van der Waals surface area contributed by atoms with Crippen molar-refractivity contribution in [3.8, 4) is 5.69 Å². The Bertz CT molecular complexity index is 948. The summed E-state index contributed by atoms with van der Waals surface area (Å²) in [6.07, 6.45) is 6.30. The summed E-state index contributed by atoms with van der Waals surface area (Å²) in [5.74, 6) is -0.327. The van der Waals surface area contributed by atoms with Crippen LogP contribution in [0.5, 0.6) is 0 Å². The van der Waals surface area contributed by atoms with E-state index in [1.165, 1.54) is 31.4 Å². The second kappa shape index (κ2) is 7.46. The molecule has 1 aliphatic rings. The number of benzene rings is 1. The number of ether oxygens (including phenoxy) is 1. The highest BCUT2D eigenvalue weighted by atomic mass is 16.5. The molecule has 140 valence electrons. The van der Waals surface area contributed by atoms with Crippen molar-refractivity contribution >= 4 is 17.0 Å². The Labute approximate surface area is 156 Å². The maximum Gasteiger partial charge on any atom is 0.335 e. The number of aromatic nitrogens is 3. The number of carboxylic acids is 1. The van der Waals surface area contributed by atoms with Crippen LogP contribution in [0.1, 0.15) is 41.3 Å². The number of aliphatic hydroxyl groups excluding tert-OH is 1. The van der Waals surface area contributed by atoms with E-state index in [4.69, 9.17) is 9.84 Å². The fourth-order valence-electron chi connectivity index (χ4n) is 3.16. The highest BCUT2D eigenvalue weighted by Crippen LogP contribution is 2.27. The van der Waals surface area contributed by atoms with Crippen molar-refractivity contribution in [2.24, 2.45) is 5.92 Å². The third kappa shape index (κ3) is 3.70. The monoisotopic (exact) mass is 367 g/mol. The van der Waals surface area contributed by atoms with Gasteiger partial charge in [-0.3, -0.25) is 0 Å². The molecule has 0 bridgehead atoms. The fraction of sp³-hybridized carbons (Fsp3) is 0.350. The van der Waals surface area contributed by atoms with Crippen LogP contribution in [-0.2, 0) is 4.74 Å². The molecule has 1 aliphatic carbocycles. The van der Waals surface area contributed by atoms with Crippen molar-refractivity contribution in [2.75, 3.05) is 13.2 Å². The first kappa shape index (κ1) is 17.6. The second-order valence-corrected chi connectivity index (χ2v) is 6.94. The smallest absolute Gasteiger partial charge is 0.335 e. The van der Waals surface area contributed by atoms with Crippen molar-refractivity contribution in [3.63, 3.8) is 0 Å². The molecule has 0 aliphatic heterocycles. The minimum Gasteiger partial charge on any atom is -0.478 e. The maximum atomic E-state index is 11.0. The summed E-state index contributed by atoms with van der Waals surface area (Å²) in [6, 6.07) is 8.30. The molecular formula is C20H21N3O4. The van der Waals surface area contributed by atoms with Gasteiger partial charge in [-0.15, -0.1) is 0 Å². The van der Waals surface area contributed by atoms with Crippen LogP contribution in [0, 0.1) is 5.92 Å². The molecule has 1 unspecified atom stereocenters. The standard InChI is InChI=1S/C20H21N3O4/c24-18(12-27-11-13-2-1-3-13)15-8-16-10-22-23(19(16)21-9-15)17-6-4-14(5-7-17)20(25)26/h4-10,13,18,24H,1-3,11-12H2,(H,25,26). The van der Waals surface area contributed by atoms with Crippen molar-refractivity contribution in [1.82, 2.24) is 14.8 Å². The molecule has 0 spiro atoms. The molecule has 0 amide bonds. The zero-order chi connectivity index (χ0) is 18.8. The molecule has 7 nitrogen and oxygen atoms in total. The lowest BCUT2D eigenvalue weighted by molar-refractivity contribution is 0.00723. The lowest BCUT2D eigenvalue weighted by atomic mass is 9.86. The molecule has 2 heterocycles. The normalized spacial score (nSPS) is 15.6. The van der Waals surface area contributed by atoms with Crippen LogP contribution in [0.25, 0.3) is 16.7 Å². The Morgan fingerprint density at radius 2 is 2.04 bits per heavy atom. The zero-order valence-electron chi connectivity index (χ0n) is 14.8. The van der Waals surface area contributed by atoms with E-state index < -0.39 is 12.1 Å². The number of hydrogen-bond acceptors (Lipinski definition) is 5. The number of nitrogens with zero attached hydrogens (tertiary/aromatic N) is 3. The van der Waals surface area contributed by atoms with Gasteiger partial charge in [-0.05, 0) is 49.1 Å². The molecule has 0 radical (unpaired) electrons. The van der Waals surface area contributed by atoms with Crippen LogP contribution in [0.3, 0.4) is 0 Å². The predicted molar refractivity (Wildman–Crippen MR) is 98.9 cm³/mol. The fourth-order valence-corrected chi connectivity index (χ4v) is 3.16. The Morgan fingerprint density at radius 1 is 1.26 bits per heavy atom. The molecule has 1 atom stereocenters. The molecule has 2 N–H and O–H groups in total. The lowest BCUT2D eigenvalue weighted by Gasteiger charge is -2.25. The number of carboxylic acid groups (broad SMARTS) is 1. The molecule has 1 saturated carbocycles. The minimum atomic E-state index is -0.969. The highest BCUT2D eigenvalue weighted by molar-refractivity contribution is 5.87. The highest BCUT2D eigenvalue weighted by Gasteiger charge is 2.18. The Balaban J connectivity index is 1.49. The van der Waals surface area contributed by atoms with Crippen LogP contribution in [0.4, 0.5) is 0 Å². The van der Waals surface area contributed by atoms with Gasteiger partial charge in [-0.25, -0.2) is 14.5 Å². The van der Waals surface area contributed by atoms with Gasteiger partial charge in [0.05, 0.1) is 24.1 Å². The average molecular weight is 367 g/mol. The van der Waals surface area contributed by atoms with Gasteiger partial charge in [-0.1, -0.05) is 6.42 Å². The first-order valence-electron chi connectivity index (χ1n) is 9.05. The van der Waals surface area contributed by atoms with Crippen molar-refractivity contribution < 1.29 is 19.7 Å². The molecule has 27 heavy (non-hydrogen) atoms. The van der Waals surface area contributed by atoms with Crippen LogP contribution >= 0.6 is 0 Å². The largest absolute Gasteiger partial charge is 0.478 e. The molecule has 7 heteroatoms. The quantitative estimate of drug-likeness (QED) is 0.666. The number of aliphatic hydroxyl groups is 1. The third-order valence-corrected chi connectivity index (χ3v) is 5.03. The summed E-state index contributed by atoms with van der Waals surface area (Å²) in [6.45, 7) is 0.964. The Morgan fingerprint density at radius 3 is 2.70 bits per heavy atom. The molecule has 2 aromatic heterocycles. The van der Waals surface area contributed by atoms with Crippen LogP contribution in [0.2, 0.25) is 0 Å². The van der Waals surface area contributed by atoms with Crippen LogP contribution in [-0.4, -0.2) is 44.2 Å². The summed E-state index contributed by atoms with van der Waals surface area (Å²) in [4.78, 5) is 15.4. The van der Waals surface area contributed by atoms with Crippen molar-refractivity contribution in [3.05, 3.63) is 53.9 Å². The van der Waals surface area contributed by atoms with E-state index in [1.54, 1.807) is 29.2 Å². The van der Waals surface area contributed by atoms with Gasteiger partial charge in [0.25, 0.3) is 0 Å². The second-order valence-electron chi connectivity index (χ2n) is 6.94. The first-order chi connectivity index (χ1) is 13.1. The van der Waals surface area contributed by atoms with Gasteiger partial charge in [0.15, 0.2) is 5.65 Å². The number of rotatable bonds is 7. The first-order valence-corrected chi connectivity index (χ1v) is 9.05. The molecule has 1 aromatic carbocycles. The molecule has 4 rings (SSSR count). The third-order valence-electron chi connectivity index (χ3n) is 5.03. The van der Waals surface area contributed by atoms with E-state index in [-0.39, 0.29) is 12.2 Å². The number of fused-ring (bicyclic) bond motifs is 1. The minimum absolute atomic E-state index is 0.218. The number of carbonyl (C=O) groups is 1. The van der Waals surface area contributed by atoms with Gasteiger partial charge >= 0.3 is 5.97 Å². The van der Waals surface area contributed by atoms with Crippen molar-refractivity contribution in [2.45, 2.75) is 25.4 Å². The SMILES string of the molecule is O=C(O)c1ccc(-n2ncc3cc(C(O)COCC4CCC4)cnc32)cc1. The maximum absolute atomic E-state index is 11.0. The summed E-state index contributed by atoms with van der Waals surface area (Å²) in [5, 5.41) is 24.5. The number of aromatic carboxylic acids is 1. The van der Waals surface area contributed by atoms with Gasteiger partial charge in [0, 0.05) is 23.8 Å². The van der Waals surface area contributed by atoms with E-state index >= 15 is 0 Å². The van der Waals surface area contributed by atoms with Gasteiger partial charge in [0.2, 0.25) is 0 Å². The van der Waals surface area contributed by atoms with E-state index in [0.717, 1.165) is 11.1 Å². The summed E-state index contributed by atoms with van der Waals surface area (Å²) >= 11 is 0. The summed E-state index contributed by atoms with van der Waals surface area (Å²) < 4.78 is 7.27.